The normalized spacial score (nSPS) is 20.1. The molecule has 2 aromatic rings. The van der Waals surface area contributed by atoms with Crippen LogP contribution in [0.25, 0.3) is 5.69 Å². The second kappa shape index (κ2) is 9.85. The zero-order chi connectivity index (χ0) is 22.6. The van der Waals surface area contributed by atoms with Crippen molar-refractivity contribution in [3.8, 4) is 5.69 Å². The molecule has 0 aliphatic carbocycles. The number of hydrogen-bond donors (Lipinski definition) is 1. The number of amides is 1. The van der Waals surface area contributed by atoms with Crippen LogP contribution in [0, 0.1) is 18.8 Å². The van der Waals surface area contributed by atoms with E-state index in [1.165, 1.54) is 6.42 Å². The van der Waals surface area contributed by atoms with Crippen LogP contribution in [0.3, 0.4) is 0 Å². The number of alkyl halides is 3. The quantitative estimate of drug-likeness (QED) is 0.641. The number of halogens is 3. The molecule has 1 aromatic carbocycles. The first-order valence-corrected chi connectivity index (χ1v) is 10.9. The molecule has 0 spiro atoms. The van der Waals surface area contributed by atoms with Gasteiger partial charge in [-0.3, -0.25) is 4.79 Å². The van der Waals surface area contributed by atoms with Crippen molar-refractivity contribution >= 4 is 5.91 Å². The van der Waals surface area contributed by atoms with E-state index in [0.717, 1.165) is 48.9 Å². The summed E-state index contributed by atoms with van der Waals surface area (Å²) in [6.07, 6.45) is -0.832. The van der Waals surface area contributed by atoms with Gasteiger partial charge in [-0.05, 0) is 56.7 Å². The Kier molecular flexibility index (Phi) is 7.41. The summed E-state index contributed by atoms with van der Waals surface area (Å²) in [5, 5.41) is 6.48. The lowest BCUT2D eigenvalue weighted by Gasteiger charge is -2.34. The van der Waals surface area contributed by atoms with Crippen molar-refractivity contribution in [3.05, 3.63) is 47.3 Å². The molecule has 0 unspecified atom stereocenters. The van der Waals surface area contributed by atoms with Crippen LogP contribution >= 0.6 is 0 Å². The van der Waals surface area contributed by atoms with Gasteiger partial charge in [0.25, 0.3) is 5.91 Å². The molecule has 5 nitrogen and oxygen atoms in total. The van der Waals surface area contributed by atoms with Crippen LogP contribution in [0.15, 0.2) is 30.5 Å². The van der Waals surface area contributed by atoms with Crippen LogP contribution in [-0.4, -0.2) is 46.8 Å². The van der Waals surface area contributed by atoms with Crippen molar-refractivity contribution in [2.45, 2.75) is 46.2 Å². The van der Waals surface area contributed by atoms with Crippen LogP contribution in [0.4, 0.5) is 13.2 Å². The highest BCUT2D eigenvalue weighted by molar-refractivity contribution is 5.95. The van der Waals surface area contributed by atoms with Crippen LogP contribution < -0.4 is 5.32 Å². The van der Waals surface area contributed by atoms with Crippen LogP contribution in [-0.2, 0) is 6.18 Å². The Morgan fingerprint density at radius 3 is 2.39 bits per heavy atom. The largest absolute Gasteiger partial charge is 0.434 e. The fourth-order valence-electron chi connectivity index (χ4n) is 4.40. The van der Waals surface area contributed by atoms with E-state index in [4.69, 9.17) is 0 Å². The summed E-state index contributed by atoms with van der Waals surface area (Å²) in [5.74, 6) is 0.634. The van der Waals surface area contributed by atoms with E-state index in [-0.39, 0.29) is 5.69 Å². The molecular weight excluding hydrogens is 405 g/mol. The molecule has 2 heterocycles. The predicted molar refractivity (Wildman–Crippen MR) is 114 cm³/mol. The number of carbonyl (C=O) groups is 1. The standard InChI is InChI=1S/C23H31F3N4O/c1-16-6-8-19(9-7-16)30-21(23(24,25)26)20(13-28-30)22(31)27-10-4-5-11-29-14-17(2)12-18(3)15-29/h6-9,13,17-18H,4-5,10-12,14-15H2,1-3H3,(H,27,31)/t17-,18+. The fraction of sp³-hybridized carbons (Fsp3) is 0.565. The summed E-state index contributed by atoms with van der Waals surface area (Å²) >= 11 is 0. The smallest absolute Gasteiger partial charge is 0.352 e. The molecular formula is C23H31F3N4O. The minimum atomic E-state index is -4.70. The number of nitrogens with zero attached hydrogens (tertiary/aromatic N) is 3. The maximum Gasteiger partial charge on any atom is 0.434 e. The average molecular weight is 437 g/mol. The Bertz CT molecular complexity index is 866. The van der Waals surface area contributed by atoms with E-state index in [0.29, 0.717) is 18.4 Å². The summed E-state index contributed by atoms with van der Waals surface area (Å²) in [4.78, 5) is 14.9. The summed E-state index contributed by atoms with van der Waals surface area (Å²) < 4.78 is 42.0. The van der Waals surface area contributed by atoms with Crippen LogP contribution in [0.1, 0.15) is 54.7 Å². The zero-order valence-electron chi connectivity index (χ0n) is 18.4. The highest BCUT2D eigenvalue weighted by Crippen LogP contribution is 2.33. The number of carbonyl (C=O) groups excluding carboxylic acids is 1. The van der Waals surface area contributed by atoms with Gasteiger partial charge in [0.1, 0.15) is 0 Å². The van der Waals surface area contributed by atoms with Crippen LogP contribution in [0.5, 0.6) is 0 Å². The summed E-state index contributed by atoms with van der Waals surface area (Å²) in [7, 11) is 0. The average Bonchev–Trinajstić information content (AvgIpc) is 3.13. The van der Waals surface area contributed by atoms with E-state index in [1.54, 1.807) is 24.3 Å². The number of rotatable bonds is 7. The van der Waals surface area contributed by atoms with Gasteiger partial charge in [0.15, 0.2) is 5.69 Å². The van der Waals surface area contributed by atoms with Crippen molar-refractivity contribution < 1.29 is 18.0 Å². The third-order valence-electron chi connectivity index (χ3n) is 5.69. The van der Waals surface area contributed by atoms with Gasteiger partial charge in [-0.1, -0.05) is 31.5 Å². The highest BCUT2D eigenvalue weighted by atomic mass is 19.4. The summed E-state index contributed by atoms with van der Waals surface area (Å²) in [6.45, 7) is 9.83. The van der Waals surface area contributed by atoms with E-state index < -0.39 is 23.3 Å². The number of benzene rings is 1. The topological polar surface area (TPSA) is 50.2 Å². The molecule has 1 fully saturated rings. The maximum atomic E-state index is 13.7. The van der Waals surface area contributed by atoms with Crippen molar-refractivity contribution in [1.82, 2.24) is 20.0 Å². The molecule has 2 atom stereocenters. The number of aryl methyl sites for hydroxylation is 1. The van der Waals surface area contributed by atoms with E-state index in [2.05, 4.69) is 29.2 Å². The zero-order valence-corrected chi connectivity index (χ0v) is 18.4. The number of unbranched alkanes of at least 4 members (excludes halogenated alkanes) is 1. The number of nitrogens with one attached hydrogen (secondary N) is 1. The Balaban J connectivity index is 1.58. The molecule has 0 radical (unpaired) electrons. The first kappa shape index (κ1) is 23.3. The van der Waals surface area contributed by atoms with Gasteiger partial charge >= 0.3 is 6.18 Å². The van der Waals surface area contributed by atoms with Gasteiger partial charge in [0, 0.05) is 19.6 Å². The molecule has 0 bridgehead atoms. The van der Waals surface area contributed by atoms with Gasteiger partial charge < -0.3 is 10.2 Å². The lowest BCUT2D eigenvalue weighted by atomic mass is 9.92. The SMILES string of the molecule is Cc1ccc(-n2ncc(C(=O)NCCCCN3C[C@H](C)C[C@H](C)C3)c2C(F)(F)F)cc1. The van der Waals surface area contributed by atoms with Crippen molar-refractivity contribution in [3.63, 3.8) is 0 Å². The van der Waals surface area contributed by atoms with Gasteiger partial charge in [0.05, 0.1) is 17.4 Å². The Labute approximate surface area is 181 Å². The third-order valence-corrected chi connectivity index (χ3v) is 5.69. The molecule has 170 valence electrons. The fourth-order valence-corrected chi connectivity index (χ4v) is 4.40. The number of piperidine rings is 1. The Morgan fingerprint density at radius 1 is 1.13 bits per heavy atom. The predicted octanol–water partition coefficient (Wildman–Crippen LogP) is 4.69. The third kappa shape index (κ3) is 6.09. The molecule has 31 heavy (non-hydrogen) atoms. The minimum absolute atomic E-state index is 0.266. The molecule has 1 aliphatic rings. The Morgan fingerprint density at radius 2 is 1.77 bits per heavy atom. The monoisotopic (exact) mass is 436 g/mol. The number of aromatic nitrogens is 2. The summed E-state index contributed by atoms with van der Waals surface area (Å²) in [5.41, 5.74) is -0.310. The van der Waals surface area contributed by atoms with Gasteiger partial charge in [0.2, 0.25) is 0 Å². The maximum absolute atomic E-state index is 13.7. The number of likely N-dealkylation sites (tertiary alicyclic amines) is 1. The van der Waals surface area contributed by atoms with Gasteiger partial charge in [-0.15, -0.1) is 0 Å². The van der Waals surface area contributed by atoms with E-state index in [1.807, 2.05) is 6.92 Å². The molecule has 1 saturated heterocycles. The van der Waals surface area contributed by atoms with E-state index >= 15 is 0 Å². The van der Waals surface area contributed by atoms with Crippen LogP contribution in [0.2, 0.25) is 0 Å². The second-order valence-corrected chi connectivity index (χ2v) is 8.82. The second-order valence-electron chi connectivity index (χ2n) is 8.82. The highest BCUT2D eigenvalue weighted by Gasteiger charge is 2.40. The molecule has 1 aromatic heterocycles. The first-order chi connectivity index (χ1) is 14.6. The van der Waals surface area contributed by atoms with Gasteiger partial charge in [-0.25, -0.2) is 4.68 Å². The van der Waals surface area contributed by atoms with Gasteiger partial charge in [-0.2, -0.15) is 18.3 Å². The molecule has 0 saturated carbocycles. The number of hydrogen-bond acceptors (Lipinski definition) is 3. The van der Waals surface area contributed by atoms with Crippen molar-refractivity contribution in [2.75, 3.05) is 26.2 Å². The lowest BCUT2D eigenvalue weighted by Crippen LogP contribution is -2.39. The Hall–Kier alpha value is -2.35. The molecule has 1 N–H and O–H groups in total. The minimum Gasteiger partial charge on any atom is -0.352 e. The molecule has 3 rings (SSSR count). The molecule has 8 heteroatoms. The first-order valence-electron chi connectivity index (χ1n) is 10.9. The van der Waals surface area contributed by atoms with Crippen molar-refractivity contribution in [1.29, 1.82) is 0 Å². The van der Waals surface area contributed by atoms with E-state index in [9.17, 15) is 18.0 Å². The lowest BCUT2D eigenvalue weighted by molar-refractivity contribution is -0.143. The molecule has 1 amide bonds. The molecule has 1 aliphatic heterocycles. The van der Waals surface area contributed by atoms with Crippen molar-refractivity contribution in [2.24, 2.45) is 11.8 Å². The summed E-state index contributed by atoms with van der Waals surface area (Å²) in [6, 6.07) is 6.53.